The predicted octanol–water partition coefficient (Wildman–Crippen LogP) is 2.93. The largest absolute Gasteiger partial charge is 0.421 e. The van der Waals surface area contributed by atoms with Crippen molar-refractivity contribution < 1.29 is 17.9 Å². The molecular formula is C13H17F3N6OS. The fourth-order valence-corrected chi connectivity index (χ4v) is 2.63. The van der Waals surface area contributed by atoms with Crippen LogP contribution in [0.5, 0.6) is 0 Å². The maximum Gasteiger partial charge on any atom is 0.421 e. The maximum atomic E-state index is 12.8. The summed E-state index contributed by atoms with van der Waals surface area (Å²) in [4.78, 5) is 7.59. The van der Waals surface area contributed by atoms with Gasteiger partial charge in [-0.1, -0.05) is 0 Å². The molecule has 24 heavy (non-hydrogen) atoms. The molecule has 0 spiro atoms. The van der Waals surface area contributed by atoms with Crippen LogP contribution in [0.25, 0.3) is 0 Å². The van der Waals surface area contributed by atoms with Gasteiger partial charge >= 0.3 is 6.18 Å². The van der Waals surface area contributed by atoms with Crippen LogP contribution in [0.3, 0.4) is 0 Å². The molecule has 132 valence electrons. The van der Waals surface area contributed by atoms with Gasteiger partial charge in [0.15, 0.2) is 0 Å². The summed E-state index contributed by atoms with van der Waals surface area (Å²) in [7, 11) is 2.99. The summed E-state index contributed by atoms with van der Waals surface area (Å²) < 4.78 is 45.2. The molecule has 0 aliphatic heterocycles. The third-order valence-electron chi connectivity index (χ3n) is 3.05. The van der Waals surface area contributed by atoms with Crippen molar-refractivity contribution in [3.8, 4) is 0 Å². The second kappa shape index (κ2) is 7.71. The summed E-state index contributed by atoms with van der Waals surface area (Å²) in [6.45, 7) is 2.42. The lowest BCUT2D eigenvalue weighted by Crippen LogP contribution is -2.12. The summed E-state index contributed by atoms with van der Waals surface area (Å²) in [6, 6.07) is 0. The number of methoxy groups -OCH3 is 1. The fraction of sp³-hybridized carbons (Fsp3) is 0.462. The topological polar surface area (TPSA) is 76.9 Å². The van der Waals surface area contributed by atoms with Crippen molar-refractivity contribution in [3.63, 3.8) is 0 Å². The lowest BCUT2D eigenvalue weighted by Gasteiger charge is -2.12. The number of halogens is 3. The van der Waals surface area contributed by atoms with Crippen molar-refractivity contribution in [2.24, 2.45) is 0 Å². The Balaban J connectivity index is 2.17. The summed E-state index contributed by atoms with van der Waals surface area (Å²) in [5, 5.41) is 9.50. The zero-order chi connectivity index (χ0) is 17.7. The Bertz CT molecular complexity index is 691. The van der Waals surface area contributed by atoms with Crippen LogP contribution in [-0.2, 0) is 10.9 Å². The molecule has 2 rings (SSSR count). The lowest BCUT2D eigenvalue weighted by molar-refractivity contribution is -0.137. The van der Waals surface area contributed by atoms with Gasteiger partial charge in [0.1, 0.15) is 11.4 Å². The van der Waals surface area contributed by atoms with Crippen LogP contribution in [-0.4, -0.2) is 45.7 Å². The zero-order valence-electron chi connectivity index (χ0n) is 13.3. The SMILES string of the molecule is CNc1nc(Nc2cnn(SCCOC)c2C)ncc1C(F)(F)F. The van der Waals surface area contributed by atoms with E-state index in [0.29, 0.717) is 12.3 Å². The van der Waals surface area contributed by atoms with Gasteiger partial charge in [0.25, 0.3) is 0 Å². The molecule has 2 heterocycles. The number of alkyl halides is 3. The highest BCUT2D eigenvalue weighted by Gasteiger charge is 2.35. The van der Waals surface area contributed by atoms with Crippen molar-refractivity contribution in [1.82, 2.24) is 19.2 Å². The number of ether oxygens (including phenoxy) is 1. The monoisotopic (exact) mass is 362 g/mol. The number of hydrogen-bond donors (Lipinski definition) is 2. The molecule has 0 saturated carbocycles. The van der Waals surface area contributed by atoms with Gasteiger partial charge in [0, 0.05) is 26.1 Å². The molecule has 0 saturated heterocycles. The Labute approximate surface area is 141 Å². The molecule has 0 bridgehead atoms. The van der Waals surface area contributed by atoms with Gasteiger partial charge in [-0.15, -0.1) is 0 Å². The van der Waals surface area contributed by atoms with Crippen LogP contribution in [0, 0.1) is 6.92 Å². The second-order valence-electron chi connectivity index (χ2n) is 4.67. The molecular weight excluding hydrogens is 345 g/mol. The Kier molecular flexibility index (Phi) is 5.89. The predicted molar refractivity (Wildman–Crippen MR) is 86.6 cm³/mol. The molecule has 0 fully saturated rings. The third kappa shape index (κ3) is 4.29. The first kappa shape index (κ1) is 18.3. The lowest BCUT2D eigenvalue weighted by atomic mass is 10.3. The molecule has 0 amide bonds. The average molecular weight is 362 g/mol. The van der Waals surface area contributed by atoms with E-state index in [0.717, 1.165) is 17.6 Å². The maximum absolute atomic E-state index is 12.8. The first-order valence-electron chi connectivity index (χ1n) is 6.92. The van der Waals surface area contributed by atoms with E-state index >= 15 is 0 Å². The third-order valence-corrected chi connectivity index (χ3v) is 4.01. The molecule has 11 heteroatoms. The van der Waals surface area contributed by atoms with E-state index in [-0.39, 0.29) is 11.8 Å². The standard InChI is InChI=1S/C13H17F3N6OS/c1-8-10(7-19-22(8)24-5-4-23-3)20-12-18-6-9(13(14,15)16)11(17-2)21-12/h6-7H,4-5H2,1-3H3,(H2,17,18,20,21). The van der Waals surface area contributed by atoms with E-state index in [1.807, 2.05) is 6.92 Å². The molecule has 0 atom stereocenters. The minimum Gasteiger partial charge on any atom is -0.384 e. The highest BCUT2D eigenvalue weighted by Crippen LogP contribution is 2.34. The molecule has 0 aromatic carbocycles. The Morgan fingerprint density at radius 1 is 1.33 bits per heavy atom. The van der Waals surface area contributed by atoms with E-state index < -0.39 is 11.7 Å². The number of anilines is 3. The zero-order valence-corrected chi connectivity index (χ0v) is 14.1. The molecule has 0 radical (unpaired) electrons. The Morgan fingerprint density at radius 2 is 2.08 bits per heavy atom. The van der Waals surface area contributed by atoms with Crippen molar-refractivity contribution in [2.75, 3.05) is 37.2 Å². The van der Waals surface area contributed by atoms with Crippen LogP contribution in [0.15, 0.2) is 12.4 Å². The smallest absolute Gasteiger partial charge is 0.384 e. The van der Waals surface area contributed by atoms with Gasteiger partial charge in [0.2, 0.25) is 5.95 Å². The minimum atomic E-state index is -4.52. The van der Waals surface area contributed by atoms with E-state index in [1.54, 1.807) is 17.4 Å². The van der Waals surface area contributed by atoms with E-state index in [1.165, 1.54) is 19.0 Å². The second-order valence-corrected chi connectivity index (χ2v) is 5.68. The molecule has 2 aromatic heterocycles. The van der Waals surface area contributed by atoms with Crippen LogP contribution in [0.2, 0.25) is 0 Å². The fourth-order valence-electron chi connectivity index (χ4n) is 1.81. The molecule has 0 aliphatic rings. The number of rotatable bonds is 7. The van der Waals surface area contributed by atoms with Crippen LogP contribution < -0.4 is 10.6 Å². The Hall–Kier alpha value is -2.01. The molecule has 0 unspecified atom stereocenters. The highest BCUT2D eigenvalue weighted by atomic mass is 32.2. The Morgan fingerprint density at radius 3 is 2.71 bits per heavy atom. The van der Waals surface area contributed by atoms with Gasteiger partial charge in [-0.2, -0.15) is 23.3 Å². The van der Waals surface area contributed by atoms with Gasteiger partial charge in [-0.25, -0.2) is 9.07 Å². The number of nitrogens with zero attached hydrogens (tertiary/aromatic N) is 4. The number of aromatic nitrogens is 4. The van der Waals surface area contributed by atoms with Crippen molar-refractivity contribution in [1.29, 1.82) is 0 Å². The van der Waals surface area contributed by atoms with Gasteiger partial charge < -0.3 is 15.4 Å². The van der Waals surface area contributed by atoms with E-state index in [9.17, 15) is 13.2 Å². The molecule has 7 nitrogen and oxygen atoms in total. The summed E-state index contributed by atoms with van der Waals surface area (Å²) in [6.07, 6.45) is -2.21. The minimum absolute atomic E-state index is 0.0527. The summed E-state index contributed by atoms with van der Waals surface area (Å²) >= 11 is 1.46. The van der Waals surface area contributed by atoms with Gasteiger partial charge in [-0.05, 0) is 18.9 Å². The number of nitrogens with one attached hydrogen (secondary N) is 2. The molecule has 2 N–H and O–H groups in total. The van der Waals surface area contributed by atoms with Gasteiger partial charge in [0.05, 0.1) is 24.2 Å². The summed E-state index contributed by atoms with van der Waals surface area (Å²) in [5.41, 5.74) is 0.491. The quantitative estimate of drug-likeness (QED) is 0.734. The highest BCUT2D eigenvalue weighted by molar-refractivity contribution is 7.97. The van der Waals surface area contributed by atoms with Crippen molar-refractivity contribution in [3.05, 3.63) is 23.7 Å². The van der Waals surface area contributed by atoms with Gasteiger partial charge in [-0.3, -0.25) is 0 Å². The van der Waals surface area contributed by atoms with E-state index in [4.69, 9.17) is 4.74 Å². The summed E-state index contributed by atoms with van der Waals surface area (Å²) in [5.74, 6) is 0.482. The van der Waals surface area contributed by atoms with Crippen LogP contribution in [0.1, 0.15) is 11.3 Å². The first-order chi connectivity index (χ1) is 11.4. The first-order valence-corrected chi connectivity index (χ1v) is 7.87. The average Bonchev–Trinajstić information content (AvgIpc) is 2.87. The normalized spacial score (nSPS) is 11.6. The van der Waals surface area contributed by atoms with Crippen molar-refractivity contribution in [2.45, 2.75) is 13.1 Å². The molecule has 0 aliphatic carbocycles. The molecule has 2 aromatic rings. The van der Waals surface area contributed by atoms with E-state index in [2.05, 4.69) is 25.7 Å². The van der Waals surface area contributed by atoms with Crippen LogP contribution in [0.4, 0.5) is 30.6 Å². The number of hydrogen-bond acceptors (Lipinski definition) is 7. The van der Waals surface area contributed by atoms with Crippen molar-refractivity contribution >= 4 is 29.4 Å². The van der Waals surface area contributed by atoms with Crippen LogP contribution >= 0.6 is 11.9 Å².